The summed E-state index contributed by atoms with van der Waals surface area (Å²) in [6.45, 7) is 8.56. The number of alkyl halides is 2. The number of amidine groups is 1. The van der Waals surface area contributed by atoms with Gasteiger partial charge in [0.05, 0.1) is 23.6 Å². The van der Waals surface area contributed by atoms with Gasteiger partial charge in [-0.25, -0.2) is 23.2 Å². The molecule has 9 heteroatoms. The van der Waals surface area contributed by atoms with E-state index in [1.807, 2.05) is 6.92 Å². The highest BCUT2D eigenvalue weighted by atomic mass is 19.3. The second-order valence-corrected chi connectivity index (χ2v) is 8.40. The first kappa shape index (κ1) is 21.6. The summed E-state index contributed by atoms with van der Waals surface area (Å²) in [6, 6.07) is 1.46. The van der Waals surface area contributed by atoms with E-state index >= 15 is 0 Å². The molecule has 2 amide bonds. The molecule has 7 nitrogen and oxygen atoms in total. The molecule has 30 heavy (non-hydrogen) atoms. The maximum Gasteiger partial charge on any atom is 0.381 e. The van der Waals surface area contributed by atoms with Crippen molar-refractivity contribution < 1.29 is 23.1 Å². The first-order valence-corrected chi connectivity index (χ1v) is 9.63. The molecule has 0 saturated carbocycles. The first-order chi connectivity index (χ1) is 14.0. The van der Waals surface area contributed by atoms with E-state index in [1.54, 1.807) is 38.7 Å². The Bertz CT molecular complexity index is 988. The number of nitrogens with zero attached hydrogens (tertiary/aromatic N) is 3. The minimum Gasteiger partial charge on any atom is -0.471 e. The SMILES string of the molecule is Cc1cc(C(C)N2CC3=C(C=[N+]=C3NC(=O)C(C)(C)C)C2=O)cnc1OCC(F)F. The molecule has 1 aromatic heterocycles. The molecule has 2 aliphatic rings. The molecule has 1 N–H and O–H groups in total. The number of hydrogen-bond acceptors (Lipinski definition) is 4. The lowest BCUT2D eigenvalue weighted by molar-refractivity contribution is -0.127. The van der Waals surface area contributed by atoms with Gasteiger partial charge < -0.3 is 9.64 Å². The van der Waals surface area contributed by atoms with E-state index in [0.717, 1.165) is 5.56 Å². The molecule has 1 aromatic rings. The molecule has 1 unspecified atom stereocenters. The van der Waals surface area contributed by atoms with Crippen molar-refractivity contribution >= 4 is 23.9 Å². The molecule has 0 bridgehead atoms. The van der Waals surface area contributed by atoms with Crippen molar-refractivity contribution in [3.8, 4) is 5.88 Å². The lowest BCUT2D eigenvalue weighted by Gasteiger charge is -2.25. The monoisotopic (exact) mass is 419 g/mol. The number of hydrogen-bond donors (Lipinski definition) is 1. The minimum atomic E-state index is -2.58. The average molecular weight is 419 g/mol. The number of carbonyl (C=O) groups is 2. The average Bonchev–Trinajstić information content (AvgIpc) is 3.19. The Morgan fingerprint density at radius 1 is 1.40 bits per heavy atom. The van der Waals surface area contributed by atoms with Crippen molar-refractivity contribution in [1.82, 2.24) is 19.9 Å². The molecule has 0 saturated heterocycles. The maximum absolute atomic E-state index is 12.9. The predicted octanol–water partition coefficient (Wildman–Crippen LogP) is 1.95. The first-order valence-electron chi connectivity index (χ1n) is 9.63. The molecule has 1 atom stereocenters. The van der Waals surface area contributed by atoms with Crippen molar-refractivity contribution in [2.24, 2.45) is 5.41 Å². The van der Waals surface area contributed by atoms with Crippen molar-refractivity contribution in [2.75, 3.05) is 13.2 Å². The second kappa shape index (κ2) is 7.99. The van der Waals surface area contributed by atoms with Gasteiger partial charge in [-0.05, 0) is 46.2 Å². The largest absolute Gasteiger partial charge is 0.471 e. The highest BCUT2D eigenvalue weighted by molar-refractivity contribution is 6.27. The summed E-state index contributed by atoms with van der Waals surface area (Å²) < 4.78 is 33.9. The Morgan fingerprint density at radius 3 is 2.70 bits per heavy atom. The topological polar surface area (TPSA) is 85.6 Å². The molecular weight excluding hydrogens is 394 g/mol. The van der Waals surface area contributed by atoms with Gasteiger partial charge in [-0.15, -0.1) is 0 Å². The number of aryl methyl sites for hydroxylation is 1. The number of amides is 2. The van der Waals surface area contributed by atoms with Gasteiger partial charge in [0.15, 0.2) is 6.61 Å². The zero-order valence-corrected chi connectivity index (χ0v) is 17.6. The van der Waals surface area contributed by atoms with Crippen molar-refractivity contribution in [3.63, 3.8) is 0 Å². The number of halogens is 2. The number of rotatable bonds is 5. The smallest absolute Gasteiger partial charge is 0.381 e. The Kier molecular flexibility index (Phi) is 5.76. The normalized spacial score (nSPS) is 16.9. The fraction of sp³-hybridized carbons (Fsp3) is 0.476. The van der Waals surface area contributed by atoms with Gasteiger partial charge in [-0.3, -0.25) is 4.79 Å². The number of ether oxygens (including phenoxy) is 1. The van der Waals surface area contributed by atoms with Gasteiger partial charge >= 0.3 is 11.7 Å². The standard InChI is InChI=1S/C21H24F2N4O3/c1-11-6-13(7-25-18(11)30-10-16(22)23)12(2)27-9-15-14(19(27)28)8-24-17(15)26-20(29)21(3,4)5/h6-8,12,16H,9-10H2,1-5H3/p+1. The van der Waals surface area contributed by atoms with Crippen LogP contribution in [0.1, 0.15) is 44.9 Å². The van der Waals surface area contributed by atoms with Crippen LogP contribution in [-0.4, -0.2) is 53.3 Å². The Labute approximate surface area is 173 Å². The van der Waals surface area contributed by atoms with E-state index in [2.05, 4.69) is 15.0 Å². The van der Waals surface area contributed by atoms with Crippen molar-refractivity contribution in [2.45, 2.75) is 47.1 Å². The zero-order chi connectivity index (χ0) is 22.2. The number of pyridine rings is 1. The van der Waals surface area contributed by atoms with E-state index in [4.69, 9.17) is 4.74 Å². The summed E-state index contributed by atoms with van der Waals surface area (Å²) >= 11 is 0. The van der Waals surface area contributed by atoms with E-state index in [-0.39, 0.29) is 23.7 Å². The van der Waals surface area contributed by atoms with Gasteiger partial charge in [0.2, 0.25) is 12.1 Å². The van der Waals surface area contributed by atoms with Gasteiger partial charge in [0.25, 0.3) is 12.3 Å². The van der Waals surface area contributed by atoms with Crippen molar-refractivity contribution in [3.05, 3.63) is 34.5 Å². The molecule has 3 heterocycles. The van der Waals surface area contributed by atoms with Gasteiger partial charge in [0.1, 0.15) is 5.57 Å². The van der Waals surface area contributed by atoms with Crippen LogP contribution >= 0.6 is 0 Å². The Balaban J connectivity index is 1.72. The van der Waals surface area contributed by atoms with Crippen LogP contribution in [0.3, 0.4) is 0 Å². The lowest BCUT2D eigenvalue weighted by Crippen LogP contribution is -2.41. The van der Waals surface area contributed by atoms with E-state index in [1.165, 1.54) is 12.4 Å². The Morgan fingerprint density at radius 2 is 2.10 bits per heavy atom. The molecule has 0 aromatic carbocycles. The van der Waals surface area contributed by atoms with Crippen LogP contribution in [0, 0.1) is 12.3 Å². The molecule has 2 aliphatic heterocycles. The summed E-state index contributed by atoms with van der Waals surface area (Å²) in [7, 11) is 0. The highest BCUT2D eigenvalue weighted by Gasteiger charge is 2.43. The van der Waals surface area contributed by atoms with Gasteiger partial charge in [-0.2, -0.15) is 5.32 Å². The van der Waals surface area contributed by atoms with Crippen LogP contribution in [-0.2, 0) is 9.59 Å². The number of nitrogens with one attached hydrogen (secondary N) is 1. The van der Waals surface area contributed by atoms with E-state index in [9.17, 15) is 18.4 Å². The zero-order valence-electron chi connectivity index (χ0n) is 17.6. The summed E-state index contributed by atoms with van der Waals surface area (Å²) in [5.41, 5.74) is 1.93. The van der Waals surface area contributed by atoms with Gasteiger partial charge in [0, 0.05) is 11.8 Å². The fourth-order valence-corrected chi connectivity index (χ4v) is 3.15. The summed E-state index contributed by atoms with van der Waals surface area (Å²) in [6.07, 6.45) is 0.425. The molecule has 160 valence electrons. The summed E-state index contributed by atoms with van der Waals surface area (Å²) in [4.78, 5) is 31.0. The predicted molar refractivity (Wildman–Crippen MR) is 108 cm³/mol. The third-order valence-electron chi connectivity index (χ3n) is 5.01. The molecular formula is C21H25F2N4O3+. The molecule has 3 rings (SSSR count). The molecule has 0 aliphatic carbocycles. The van der Waals surface area contributed by atoms with Gasteiger partial charge in [-0.1, -0.05) is 0 Å². The maximum atomic E-state index is 12.9. The number of carbonyl (C=O) groups excluding carboxylic acids is 2. The third-order valence-corrected chi connectivity index (χ3v) is 5.01. The number of aromatic nitrogens is 1. The molecule has 0 fully saturated rings. The summed E-state index contributed by atoms with van der Waals surface area (Å²) in [5.74, 6) is 0.184. The van der Waals surface area contributed by atoms with Crippen LogP contribution in [0.5, 0.6) is 5.88 Å². The highest BCUT2D eigenvalue weighted by Crippen LogP contribution is 2.31. The summed E-state index contributed by atoms with van der Waals surface area (Å²) in [5, 5.41) is 2.80. The minimum absolute atomic E-state index is 0.146. The van der Waals surface area contributed by atoms with Crippen LogP contribution < -0.4 is 14.7 Å². The van der Waals surface area contributed by atoms with E-state index < -0.39 is 18.4 Å². The van der Waals surface area contributed by atoms with Crippen molar-refractivity contribution in [1.29, 1.82) is 0 Å². The molecule has 0 spiro atoms. The van der Waals surface area contributed by atoms with Crippen LogP contribution in [0.4, 0.5) is 8.78 Å². The molecule has 0 radical (unpaired) electrons. The second-order valence-electron chi connectivity index (χ2n) is 8.40. The van der Waals surface area contributed by atoms with Crippen LogP contribution in [0.15, 0.2) is 23.4 Å². The van der Waals surface area contributed by atoms with Crippen LogP contribution in [0.25, 0.3) is 0 Å². The Hall–Kier alpha value is -3.06. The van der Waals surface area contributed by atoms with Crippen LogP contribution in [0.2, 0.25) is 0 Å². The van der Waals surface area contributed by atoms with E-state index in [0.29, 0.717) is 29.1 Å². The third kappa shape index (κ3) is 4.26. The quantitative estimate of drug-likeness (QED) is 0.740. The lowest BCUT2D eigenvalue weighted by atomic mass is 9.95. The fourth-order valence-electron chi connectivity index (χ4n) is 3.15.